The van der Waals surface area contributed by atoms with Crippen LogP contribution in [0.2, 0.25) is 0 Å². The molecule has 0 saturated heterocycles. The van der Waals surface area contributed by atoms with Crippen LogP contribution in [0.4, 0.5) is 0 Å². The van der Waals surface area contributed by atoms with Crippen LogP contribution in [-0.4, -0.2) is 27.5 Å². The Labute approximate surface area is 119 Å². The van der Waals surface area contributed by atoms with Crippen molar-refractivity contribution >= 4 is 11.6 Å². The molecule has 2 aliphatic rings. The number of amidine groups is 1. The maximum Gasteiger partial charge on any atom is 0.138 e. The number of ketones is 1. The number of Topliss-reactive ketones (excluding diaryl/α,β-unsaturated/α-hetero) is 1. The van der Waals surface area contributed by atoms with Crippen LogP contribution in [0.5, 0.6) is 0 Å². The van der Waals surface area contributed by atoms with E-state index in [1.807, 2.05) is 19.1 Å². The monoisotopic (exact) mass is 269 g/mol. The van der Waals surface area contributed by atoms with Crippen LogP contribution < -0.4 is 0 Å². The van der Waals surface area contributed by atoms with Gasteiger partial charge in [0.15, 0.2) is 0 Å². The summed E-state index contributed by atoms with van der Waals surface area (Å²) in [6, 6.07) is 4.44. The number of rotatable bonds is 0. The summed E-state index contributed by atoms with van der Waals surface area (Å²) in [6.07, 6.45) is 5.61. The van der Waals surface area contributed by atoms with Gasteiger partial charge in [-0.05, 0) is 32.4 Å². The number of aliphatic imine (C=N–C) groups is 1. The van der Waals surface area contributed by atoms with Crippen LogP contribution >= 0.6 is 0 Å². The lowest BCUT2D eigenvalue weighted by Crippen LogP contribution is -2.34. The number of nitrogens with zero attached hydrogens (tertiary/aromatic N) is 3. The van der Waals surface area contributed by atoms with Gasteiger partial charge in [0.2, 0.25) is 0 Å². The minimum absolute atomic E-state index is 0.289. The minimum Gasteiger partial charge on any atom is -0.347 e. The van der Waals surface area contributed by atoms with E-state index in [-0.39, 0.29) is 5.78 Å². The largest absolute Gasteiger partial charge is 0.347 e. The lowest BCUT2D eigenvalue weighted by atomic mass is 10.1. The van der Waals surface area contributed by atoms with Gasteiger partial charge in [-0.1, -0.05) is 6.08 Å². The van der Waals surface area contributed by atoms with Crippen LogP contribution in [0, 0.1) is 6.92 Å². The van der Waals surface area contributed by atoms with E-state index in [1.165, 1.54) is 0 Å². The Morgan fingerprint density at radius 2 is 2.20 bits per heavy atom. The second kappa shape index (κ2) is 5.19. The number of aryl methyl sites for hydroxylation is 1. The molecule has 0 saturated carbocycles. The molecule has 0 radical (unpaired) electrons. The quantitative estimate of drug-likeness (QED) is 0.727. The summed E-state index contributed by atoms with van der Waals surface area (Å²) in [5, 5.41) is 0. The summed E-state index contributed by atoms with van der Waals surface area (Å²) in [6.45, 7) is 4.96. The van der Waals surface area contributed by atoms with Crippen LogP contribution in [0.1, 0.15) is 43.1 Å². The van der Waals surface area contributed by atoms with Gasteiger partial charge in [0.05, 0.1) is 12.2 Å². The highest BCUT2D eigenvalue weighted by Gasteiger charge is 2.30. The number of allylic oxidation sites excluding steroid dienone is 1. The van der Waals surface area contributed by atoms with E-state index in [2.05, 4.69) is 27.9 Å². The van der Waals surface area contributed by atoms with Gasteiger partial charge in [-0.15, -0.1) is 0 Å². The Balaban J connectivity index is 2.01. The summed E-state index contributed by atoms with van der Waals surface area (Å²) in [7, 11) is 0. The molecule has 4 heteroatoms. The van der Waals surface area contributed by atoms with E-state index in [0.29, 0.717) is 18.9 Å². The van der Waals surface area contributed by atoms with E-state index < -0.39 is 0 Å². The Hall–Kier alpha value is -1.97. The van der Waals surface area contributed by atoms with Gasteiger partial charge >= 0.3 is 0 Å². The first kappa shape index (κ1) is 13.0. The molecule has 0 amide bonds. The maximum atomic E-state index is 11.7. The van der Waals surface area contributed by atoms with Crippen molar-refractivity contribution in [2.75, 3.05) is 0 Å². The zero-order valence-electron chi connectivity index (χ0n) is 12.0. The Kier molecular flexibility index (Phi) is 3.38. The molecule has 0 aromatic carbocycles. The van der Waals surface area contributed by atoms with Crippen molar-refractivity contribution in [1.82, 2.24) is 9.88 Å². The number of pyridine rings is 1. The van der Waals surface area contributed by atoms with Crippen molar-refractivity contribution in [2.45, 2.75) is 45.7 Å². The van der Waals surface area contributed by atoms with Crippen molar-refractivity contribution in [2.24, 2.45) is 4.99 Å². The molecular weight excluding hydrogens is 250 g/mol. The van der Waals surface area contributed by atoms with Crippen LogP contribution in [0.3, 0.4) is 0 Å². The van der Waals surface area contributed by atoms with Gasteiger partial charge < -0.3 is 4.90 Å². The zero-order chi connectivity index (χ0) is 14.1. The van der Waals surface area contributed by atoms with Gasteiger partial charge in [0.25, 0.3) is 0 Å². The summed E-state index contributed by atoms with van der Waals surface area (Å²) < 4.78 is 0. The number of carbonyl (C=O) groups excluding carboxylic acids is 1. The standard InChI is InChI=1S/C16H19N3O/c1-11-5-8-14-15(18-11)10-19-12(2)6-7-13(20)4-3-9-17-16(14)19/h3,5,8-9,12H,4,6-7,10H2,1-2H3/b9-3+,17-16?. The van der Waals surface area contributed by atoms with Crippen LogP contribution in [0.25, 0.3) is 0 Å². The molecule has 3 rings (SSSR count). The second-order valence-electron chi connectivity index (χ2n) is 5.54. The molecule has 1 unspecified atom stereocenters. The average Bonchev–Trinajstić information content (AvgIpc) is 2.78. The molecule has 104 valence electrons. The highest BCUT2D eigenvalue weighted by molar-refractivity contribution is 6.02. The first-order valence-electron chi connectivity index (χ1n) is 7.13. The summed E-state index contributed by atoms with van der Waals surface area (Å²) >= 11 is 0. The average molecular weight is 269 g/mol. The summed E-state index contributed by atoms with van der Waals surface area (Å²) in [4.78, 5) is 23.1. The SMILES string of the molecule is Cc1ccc2c(n1)CN1C2=N/C=C/CC(=O)CCC1C. The smallest absolute Gasteiger partial charge is 0.138 e. The third-order valence-electron chi connectivity index (χ3n) is 3.97. The highest BCUT2D eigenvalue weighted by atomic mass is 16.1. The summed E-state index contributed by atoms with van der Waals surface area (Å²) in [5.74, 6) is 1.28. The van der Waals surface area contributed by atoms with Crippen molar-refractivity contribution < 1.29 is 4.79 Å². The number of aromatic nitrogens is 1. The second-order valence-corrected chi connectivity index (χ2v) is 5.54. The lowest BCUT2D eigenvalue weighted by Gasteiger charge is -2.26. The maximum absolute atomic E-state index is 11.7. The Morgan fingerprint density at radius 1 is 1.35 bits per heavy atom. The van der Waals surface area contributed by atoms with Gasteiger partial charge in [-0.25, -0.2) is 4.99 Å². The van der Waals surface area contributed by atoms with Crippen LogP contribution in [-0.2, 0) is 11.3 Å². The van der Waals surface area contributed by atoms with E-state index in [1.54, 1.807) is 6.20 Å². The zero-order valence-corrected chi connectivity index (χ0v) is 12.0. The van der Waals surface area contributed by atoms with Gasteiger partial charge in [-0.3, -0.25) is 9.78 Å². The number of hydrogen-bond acceptors (Lipinski definition) is 4. The number of fused-ring (bicyclic) bond motifs is 3. The third kappa shape index (κ3) is 2.38. The van der Waals surface area contributed by atoms with Crippen LogP contribution in [0.15, 0.2) is 29.4 Å². The van der Waals surface area contributed by atoms with Gasteiger partial charge in [0, 0.05) is 36.3 Å². The first-order valence-corrected chi connectivity index (χ1v) is 7.13. The molecule has 0 aliphatic carbocycles. The molecule has 0 N–H and O–H groups in total. The van der Waals surface area contributed by atoms with Crippen molar-refractivity contribution in [3.05, 3.63) is 41.4 Å². The molecular formula is C16H19N3O. The summed E-state index contributed by atoms with van der Waals surface area (Å²) in [5.41, 5.74) is 3.25. The molecule has 4 nitrogen and oxygen atoms in total. The third-order valence-corrected chi connectivity index (χ3v) is 3.97. The fraction of sp³-hybridized carbons (Fsp3) is 0.438. The van der Waals surface area contributed by atoms with Crippen molar-refractivity contribution in [3.63, 3.8) is 0 Å². The predicted octanol–water partition coefficient (Wildman–Crippen LogP) is 2.61. The molecule has 0 fully saturated rings. The van der Waals surface area contributed by atoms with E-state index >= 15 is 0 Å². The van der Waals surface area contributed by atoms with E-state index in [0.717, 1.165) is 35.8 Å². The molecule has 0 bridgehead atoms. The minimum atomic E-state index is 0.289. The topological polar surface area (TPSA) is 45.6 Å². The molecule has 20 heavy (non-hydrogen) atoms. The van der Waals surface area contributed by atoms with Crippen molar-refractivity contribution in [1.29, 1.82) is 0 Å². The predicted molar refractivity (Wildman–Crippen MR) is 78.5 cm³/mol. The van der Waals surface area contributed by atoms with Gasteiger partial charge in [-0.2, -0.15) is 0 Å². The number of hydrogen-bond donors (Lipinski definition) is 0. The molecule has 1 aromatic heterocycles. The lowest BCUT2D eigenvalue weighted by molar-refractivity contribution is -0.118. The van der Waals surface area contributed by atoms with Gasteiger partial charge in [0.1, 0.15) is 11.6 Å². The normalized spacial score (nSPS) is 23.9. The first-order chi connectivity index (χ1) is 9.65. The molecule has 0 spiro atoms. The van der Waals surface area contributed by atoms with E-state index in [9.17, 15) is 4.79 Å². The number of carbonyl (C=O) groups is 1. The Bertz CT molecular complexity index is 604. The highest BCUT2D eigenvalue weighted by Crippen LogP contribution is 2.26. The molecule has 2 aliphatic heterocycles. The van der Waals surface area contributed by atoms with Crippen molar-refractivity contribution in [3.8, 4) is 0 Å². The Morgan fingerprint density at radius 3 is 3.05 bits per heavy atom. The van der Waals surface area contributed by atoms with E-state index in [4.69, 9.17) is 0 Å². The molecule has 1 aromatic rings. The molecule has 3 heterocycles. The fourth-order valence-electron chi connectivity index (χ4n) is 2.77. The fourth-order valence-corrected chi connectivity index (χ4v) is 2.77. The molecule has 1 atom stereocenters.